The minimum atomic E-state index is -0.547. The summed E-state index contributed by atoms with van der Waals surface area (Å²) in [6.07, 6.45) is 0.683. The highest BCUT2D eigenvalue weighted by molar-refractivity contribution is 5.95. The molecule has 0 unspecified atom stereocenters. The van der Waals surface area contributed by atoms with Crippen molar-refractivity contribution in [1.29, 1.82) is 0 Å². The minimum Gasteiger partial charge on any atom is -0.375 e. The molecule has 2 aromatic rings. The topological polar surface area (TPSA) is 61.9 Å². The fraction of sp³-hybridized carbons (Fsp3) is 0.300. The van der Waals surface area contributed by atoms with Gasteiger partial charge in [0.2, 0.25) is 5.91 Å². The molecule has 148 valence electrons. The molecule has 6 nitrogen and oxygen atoms in total. The van der Waals surface area contributed by atoms with E-state index in [1.54, 1.807) is 29.2 Å². The Bertz CT molecular complexity index is 876. The molecule has 1 aliphatic heterocycles. The van der Waals surface area contributed by atoms with E-state index in [0.29, 0.717) is 30.9 Å². The zero-order valence-corrected chi connectivity index (χ0v) is 15.5. The number of hydrogen-bond acceptors (Lipinski definition) is 3. The number of urea groups is 1. The van der Waals surface area contributed by atoms with Crippen LogP contribution in [0.25, 0.3) is 0 Å². The highest BCUT2D eigenvalue weighted by Gasteiger charge is 2.27. The molecule has 1 aliphatic rings. The van der Waals surface area contributed by atoms with Gasteiger partial charge < -0.3 is 15.0 Å². The molecular weight excluding hydrogens is 368 g/mol. The number of nitrogens with zero attached hydrogens (tertiary/aromatic N) is 2. The molecule has 28 heavy (non-hydrogen) atoms. The van der Waals surface area contributed by atoms with Crippen LogP contribution in [0.4, 0.5) is 25.0 Å². The van der Waals surface area contributed by atoms with E-state index >= 15 is 0 Å². The third-order valence-corrected chi connectivity index (χ3v) is 4.40. The number of nitrogens with one attached hydrogen (secondary N) is 1. The Morgan fingerprint density at radius 2 is 2.00 bits per heavy atom. The summed E-state index contributed by atoms with van der Waals surface area (Å²) in [5.41, 5.74) is 1.29. The van der Waals surface area contributed by atoms with Crippen molar-refractivity contribution in [2.24, 2.45) is 0 Å². The molecule has 0 bridgehead atoms. The minimum absolute atomic E-state index is 0.0107. The van der Waals surface area contributed by atoms with Gasteiger partial charge in [0.15, 0.2) is 0 Å². The van der Waals surface area contributed by atoms with E-state index in [0.717, 1.165) is 18.2 Å². The first-order valence-electron chi connectivity index (χ1n) is 8.87. The van der Waals surface area contributed by atoms with Crippen molar-refractivity contribution in [3.05, 3.63) is 59.7 Å². The molecule has 0 atom stereocenters. The third-order valence-electron chi connectivity index (χ3n) is 4.40. The Morgan fingerprint density at radius 3 is 2.79 bits per heavy atom. The summed E-state index contributed by atoms with van der Waals surface area (Å²) in [5, 5.41) is 2.70. The molecule has 1 saturated heterocycles. The lowest BCUT2D eigenvalue weighted by Crippen LogP contribution is -2.49. The van der Waals surface area contributed by atoms with Crippen molar-refractivity contribution in [3.63, 3.8) is 0 Å². The SMILES string of the molecule is COCC(=O)Nc1cccc(N2CCCN(Cc3cc(F)ccc3F)C2=O)c1. The third kappa shape index (κ3) is 4.64. The number of methoxy groups -OCH3 is 1. The van der Waals surface area contributed by atoms with Crippen molar-refractivity contribution in [1.82, 2.24) is 4.90 Å². The lowest BCUT2D eigenvalue weighted by atomic mass is 10.1. The van der Waals surface area contributed by atoms with Crippen LogP contribution in [0.5, 0.6) is 0 Å². The Labute approximate surface area is 161 Å². The molecule has 1 heterocycles. The standard InChI is InChI=1S/C20H21F2N3O3/c1-28-13-19(26)23-16-4-2-5-17(11-16)25-9-3-8-24(20(25)27)12-14-10-15(21)6-7-18(14)22/h2,4-7,10-11H,3,8-9,12-13H2,1H3,(H,23,26). The Morgan fingerprint density at radius 1 is 1.18 bits per heavy atom. The van der Waals surface area contributed by atoms with E-state index in [-0.39, 0.29) is 30.7 Å². The van der Waals surface area contributed by atoms with Gasteiger partial charge in [-0.3, -0.25) is 9.69 Å². The van der Waals surface area contributed by atoms with Crippen molar-refractivity contribution in [2.45, 2.75) is 13.0 Å². The van der Waals surface area contributed by atoms with Crippen LogP contribution in [0.3, 0.4) is 0 Å². The number of ether oxygens (including phenoxy) is 1. The summed E-state index contributed by atoms with van der Waals surface area (Å²) >= 11 is 0. The predicted molar refractivity (Wildman–Crippen MR) is 101 cm³/mol. The fourth-order valence-corrected chi connectivity index (χ4v) is 3.12. The number of amides is 3. The number of carbonyl (C=O) groups is 2. The lowest BCUT2D eigenvalue weighted by molar-refractivity contribution is -0.119. The largest absolute Gasteiger partial charge is 0.375 e. The van der Waals surface area contributed by atoms with Crippen molar-refractivity contribution in [3.8, 4) is 0 Å². The molecule has 2 aromatic carbocycles. The van der Waals surface area contributed by atoms with Crippen LogP contribution >= 0.6 is 0 Å². The van der Waals surface area contributed by atoms with Gasteiger partial charge in [-0.15, -0.1) is 0 Å². The van der Waals surface area contributed by atoms with Gasteiger partial charge in [0.25, 0.3) is 0 Å². The van der Waals surface area contributed by atoms with Crippen LogP contribution in [-0.2, 0) is 16.1 Å². The Kier molecular flexibility index (Phi) is 6.20. The first kappa shape index (κ1) is 19.8. The van der Waals surface area contributed by atoms with E-state index in [4.69, 9.17) is 4.74 Å². The van der Waals surface area contributed by atoms with Crippen LogP contribution in [0, 0.1) is 11.6 Å². The van der Waals surface area contributed by atoms with Gasteiger partial charge in [0.05, 0.1) is 6.54 Å². The maximum absolute atomic E-state index is 13.9. The average molecular weight is 389 g/mol. The van der Waals surface area contributed by atoms with E-state index in [1.165, 1.54) is 12.0 Å². The van der Waals surface area contributed by atoms with Crippen LogP contribution in [0.2, 0.25) is 0 Å². The van der Waals surface area contributed by atoms with Crippen LogP contribution in [0.1, 0.15) is 12.0 Å². The zero-order chi connectivity index (χ0) is 20.1. The first-order chi connectivity index (χ1) is 13.5. The summed E-state index contributed by atoms with van der Waals surface area (Å²) in [4.78, 5) is 27.6. The molecule has 8 heteroatoms. The summed E-state index contributed by atoms with van der Waals surface area (Å²) in [7, 11) is 1.43. The second kappa shape index (κ2) is 8.79. The quantitative estimate of drug-likeness (QED) is 0.824. The zero-order valence-electron chi connectivity index (χ0n) is 15.5. The molecule has 0 aliphatic carbocycles. The molecule has 0 saturated carbocycles. The van der Waals surface area contributed by atoms with Gasteiger partial charge in [0.1, 0.15) is 18.2 Å². The number of halogens is 2. The molecule has 0 aromatic heterocycles. The average Bonchev–Trinajstić information content (AvgIpc) is 2.66. The van der Waals surface area contributed by atoms with Gasteiger partial charge >= 0.3 is 6.03 Å². The second-order valence-corrected chi connectivity index (χ2v) is 6.48. The maximum atomic E-state index is 13.9. The van der Waals surface area contributed by atoms with Gasteiger partial charge in [0, 0.05) is 37.1 Å². The number of benzene rings is 2. The predicted octanol–water partition coefficient (Wildman–Crippen LogP) is 3.38. The van der Waals surface area contributed by atoms with Crippen LogP contribution < -0.4 is 10.2 Å². The number of hydrogen-bond donors (Lipinski definition) is 1. The molecule has 0 spiro atoms. The number of rotatable bonds is 6. The molecule has 1 N–H and O–H groups in total. The maximum Gasteiger partial charge on any atom is 0.324 e. The smallest absolute Gasteiger partial charge is 0.324 e. The van der Waals surface area contributed by atoms with Crippen LogP contribution in [-0.4, -0.2) is 43.6 Å². The van der Waals surface area contributed by atoms with E-state index < -0.39 is 11.6 Å². The van der Waals surface area contributed by atoms with E-state index in [1.807, 2.05) is 0 Å². The molecule has 1 fully saturated rings. The summed E-state index contributed by atoms with van der Waals surface area (Å²) in [6, 6.07) is 9.81. The summed E-state index contributed by atoms with van der Waals surface area (Å²) in [6.45, 7) is 0.870. The Hall–Kier alpha value is -3.00. The molecule has 3 amide bonds. The highest BCUT2D eigenvalue weighted by atomic mass is 19.1. The first-order valence-corrected chi connectivity index (χ1v) is 8.87. The number of anilines is 2. The molecular formula is C20H21F2N3O3. The Balaban J connectivity index is 1.75. The van der Waals surface area contributed by atoms with E-state index in [9.17, 15) is 18.4 Å². The molecule has 0 radical (unpaired) electrons. The van der Waals surface area contributed by atoms with Gasteiger partial charge in [-0.2, -0.15) is 0 Å². The fourth-order valence-electron chi connectivity index (χ4n) is 3.12. The van der Waals surface area contributed by atoms with Gasteiger partial charge in [-0.1, -0.05) is 6.07 Å². The highest BCUT2D eigenvalue weighted by Crippen LogP contribution is 2.25. The summed E-state index contributed by atoms with van der Waals surface area (Å²) < 4.78 is 32.1. The lowest BCUT2D eigenvalue weighted by Gasteiger charge is -2.36. The van der Waals surface area contributed by atoms with Crippen molar-refractivity contribution in [2.75, 3.05) is 37.0 Å². The van der Waals surface area contributed by atoms with Crippen LogP contribution in [0.15, 0.2) is 42.5 Å². The monoisotopic (exact) mass is 389 g/mol. The summed E-state index contributed by atoms with van der Waals surface area (Å²) in [5.74, 6) is -1.39. The number of carbonyl (C=O) groups excluding carboxylic acids is 2. The normalized spacial score (nSPS) is 14.3. The second-order valence-electron chi connectivity index (χ2n) is 6.48. The molecule has 3 rings (SSSR count). The van der Waals surface area contributed by atoms with Crippen molar-refractivity contribution >= 4 is 23.3 Å². The van der Waals surface area contributed by atoms with Crippen molar-refractivity contribution < 1.29 is 23.1 Å². The van der Waals surface area contributed by atoms with E-state index in [2.05, 4.69) is 5.32 Å². The van der Waals surface area contributed by atoms with Gasteiger partial charge in [-0.25, -0.2) is 13.6 Å². The van der Waals surface area contributed by atoms with Gasteiger partial charge in [-0.05, 0) is 42.8 Å².